The second kappa shape index (κ2) is 7.63. The number of amides is 1. The molecule has 0 radical (unpaired) electrons. The third kappa shape index (κ3) is 4.15. The van der Waals surface area contributed by atoms with E-state index in [1.54, 1.807) is 38.5 Å². The van der Waals surface area contributed by atoms with Crippen molar-refractivity contribution < 1.29 is 14.3 Å². The van der Waals surface area contributed by atoms with E-state index in [2.05, 4.69) is 10.3 Å². The van der Waals surface area contributed by atoms with Gasteiger partial charge in [-0.25, -0.2) is 4.99 Å². The van der Waals surface area contributed by atoms with E-state index in [4.69, 9.17) is 21.1 Å². The molecule has 1 saturated heterocycles. The highest BCUT2D eigenvalue weighted by molar-refractivity contribution is 8.18. The molecule has 128 valence electrons. The molecule has 0 atom stereocenters. The zero-order valence-corrected chi connectivity index (χ0v) is 15.1. The van der Waals surface area contributed by atoms with Crippen molar-refractivity contribution in [1.29, 1.82) is 0 Å². The van der Waals surface area contributed by atoms with E-state index >= 15 is 0 Å². The Balaban J connectivity index is 1.88. The van der Waals surface area contributed by atoms with Crippen LogP contribution < -0.4 is 14.8 Å². The molecular formula is C18H15ClN2O3S. The Bertz CT molecular complexity index is 858. The fourth-order valence-electron chi connectivity index (χ4n) is 2.20. The first-order valence-corrected chi connectivity index (χ1v) is 8.55. The van der Waals surface area contributed by atoms with E-state index in [1.165, 1.54) is 11.8 Å². The molecule has 1 aliphatic heterocycles. The number of amidine groups is 1. The third-order valence-electron chi connectivity index (χ3n) is 3.40. The molecule has 0 saturated carbocycles. The van der Waals surface area contributed by atoms with Gasteiger partial charge in [0.1, 0.15) is 11.5 Å². The highest BCUT2D eigenvalue weighted by atomic mass is 35.5. The Labute approximate surface area is 154 Å². The summed E-state index contributed by atoms with van der Waals surface area (Å²) >= 11 is 7.35. The van der Waals surface area contributed by atoms with E-state index < -0.39 is 0 Å². The van der Waals surface area contributed by atoms with Crippen LogP contribution in [0.15, 0.2) is 52.4 Å². The quantitative estimate of drug-likeness (QED) is 0.813. The fraction of sp³-hybridized carbons (Fsp3) is 0.111. The number of ether oxygens (including phenoxy) is 2. The van der Waals surface area contributed by atoms with Gasteiger partial charge in [0.2, 0.25) is 0 Å². The van der Waals surface area contributed by atoms with Gasteiger partial charge in [-0.2, -0.15) is 0 Å². The number of halogens is 1. The van der Waals surface area contributed by atoms with Gasteiger partial charge in [0, 0.05) is 6.07 Å². The van der Waals surface area contributed by atoms with Crippen LogP contribution in [0.5, 0.6) is 11.5 Å². The number of aliphatic imine (C=N–C) groups is 1. The molecule has 1 fully saturated rings. The summed E-state index contributed by atoms with van der Waals surface area (Å²) in [4.78, 5) is 17.1. The minimum atomic E-state index is -0.211. The number of benzene rings is 2. The summed E-state index contributed by atoms with van der Waals surface area (Å²) in [5.74, 6) is 1.09. The number of carbonyl (C=O) groups excluding carboxylic acids is 1. The third-order valence-corrected chi connectivity index (χ3v) is 4.63. The summed E-state index contributed by atoms with van der Waals surface area (Å²) in [6.07, 6.45) is 1.76. The average molecular weight is 375 g/mol. The minimum absolute atomic E-state index is 0.211. The second-order valence-electron chi connectivity index (χ2n) is 5.08. The SMILES string of the molecule is COc1cc(C=C2SC(=Nc3ccccc3Cl)NC2=O)cc(OC)c1. The molecule has 1 amide bonds. The predicted molar refractivity (Wildman–Crippen MR) is 102 cm³/mol. The van der Waals surface area contributed by atoms with Gasteiger partial charge < -0.3 is 14.8 Å². The van der Waals surface area contributed by atoms with Crippen molar-refractivity contribution in [2.75, 3.05) is 14.2 Å². The fourth-order valence-corrected chi connectivity index (χ4v) is 3.21. The summed E-state index contributed by atoms with van der Waals surface area (Å²) < 4.78 is 10.5. The highest BCUT2D eigenvalue weighted by Crippen LogP contribution is 2.32. The van der Waals surface area contributed by atoms with E-state index in [1.807, 2.05) is 24.3 Å². The second-order valence-corrected chi connectivity index (χ2v) is 6.52. The van der Waals surface area contributed by atoms with E-state index in [0.29, 0.717) is 32.3 Å². The van der Waals surface area contributed by atoms with Crippen LogP contribution in [0.25, 0.3) is 6.08 Å². The van der Waals surface area contributed by atoms with Crippen molar-refractivity contribution in [3.05, 3.63) is 58.0 Å². The molecule has 1 heterocycles. The van der Waals surface area contributed by atoms with Crippen LogP contribution in [0.1, 0.15) is 5.56 Å². The van der Waals surface area contributed by atoms with Gasteiger partial charge >= 0.3 is 0 Å². The Morgan fingerprint density at radius 2 is 1.80 bits per heavy atom. The number of thioether (sulfide) groups is 1. The van der Waals surface area contributed by atoms with Crippen LogP contribution in [-0.4, -0.2) is 25.3 Å². The smallest absolute Gasteiger partial charge is 0.264 e. The maximum atomic E-state index is 12.2. The number of para-hydroxylation sites is 1. The minimum Gasteiger partial charge on any atom is -0.497 e. The number of hydrogen-bond donors (Lipinski definition) is 1. The van der Waals surface area contributed by atoms with Gasteiger partial charge in [0.25, 0.3) is 5.91 Å². The van der Waals surface area contributed by atoms with Gasteiger partial charge in [-0.05, 0) is 47.7 Å². The first-order chi connectivity index (χ1) is 12.1. The largest absolute Gasteiger partial charge is 0.497 e. The predicted octanol–water partition coefficient (Wildman–Crippen LogP) is 4.25. The van der Waals surface area contributed by atoms with Gasteiger partial charge in [-0.15, -0.1) is 0 Å². The number of nitrogens with one attached hydrogen (secondary N) is 1. The summed E-state index contributed by atoms with van der Waals surface area (Å²) in [5.41, 5.74) is 1.41. The monoisotopic (exact) mass is 374 g/mol. The van der Waals surface area contributed by atoms with Crippen molar-refractivity contribution in [2.45, 2.75) is 0 Å². The number of nitrogens with zero attached hydrogens (tertiary/aromatic N) is 1. The van der Waals surface area contributed by atoms with E-state index in [0.717, 1.165) is 5.56 Å². The van der Waals surface area contributed by atoms with Crippen molar-refractivity contribution in [2.24, 2.45) is 4.99 Å². The maximum Gasteiger partial charge on any atom is 0.264 e. The topological polar surface area (TPSA) is 59.9 Å². The van der Waals surface area contributed by atoms with E-state index in [9.17, 15) is 4.79 Å². The first kappa shape index (κ1) is 17.4. The molecule has 1 N–H and O–H groups in total. The lowest BCUT2D eigenvalue weighted by Gasteiger charge is -2.06. The molecule has 3 rings (SSSR count). The first-order valence-electron chi connectivity index (χ1n) is 7.36. The van der Waals surface area contributed by atoms with Crippen molar-refractivity contribution in [3.63, 3.8) is 0 Å². The van der Waals surface area contributed by atoms with Gasteiger partial charge in [0.15, 0.2) is 5.17 Å². The van der Waals surface area contributed by atoms with Gasteiger partial charge in [0.05, 0.1) is 29.8 Å². The van der Waals surface area contributed by atoms with Crippen LogP contribution in [0.2, 0.25) is 5.02 Å². The van der Waals surface area contributed by atoms with Crippen LogP contribution in [0, 0.1) is 0 Å². The van der Waals surface area contributed by atoms with Crippen LogP contribution >= 0.6 is 23.4 Å². The van der Waals surface area contributed by atoms with Crippen molar-refractivity contribution >= 4 is 46.2 Å². The lowest BCUT2D eigenvalue weighted by atomic mass is 10.2. The average Bonchev–Trinajstić information content (AvgIpc) is 2.95. The van der Waals surface area contributed by atoms with Gasteiger partial charge in [-0.3, -0.25) is 4.79 Å². The van der Waals surface area contributed by atoms with Crippen molar-refractivity contribution in [1.82, 2.24) is 5.32 Å². The van der Waals surface area contributed by atoms with Gasteiger partial charge in [-0.1, -0.05) is 23.7 Å². The molecular weight excluding hydrogens is 360 g/mol. The zero-order chi connectivity index (χ0) is 17.8. The van der Waals surface area contributed by atoms with E-state index in [-0.39, 0.29) is 5.91 Å². The molecule has 0 aromatic heterocycles. The molecule has 0 spiro atoms. The number of methoxy groups -OCH3 is 2. The molecule has 2 aromatic rings. The Morgan fingerprint density at radius 1 is 1.12 bits per heavy atom. The summed E-state index contributed by atoms with van der Waals surface area (Å²) in [7, 11) is 3.16. The number of rotatable bonds is 4. The highest BCUT2D eigenvalue weighted by Gasteiger charge is 2.24. The normalized spacial score (nSPS) is 17.0. The maximum absolute atomic E-state index is 12.2. The summed E-state index contributed by atoms with van der Waals surface area (Å²) in [6, 6.07) is 12.6. The molecule has 0 unspecified atom stereocenters. The molecule has 7 heteroatoms. The van der Waals surface area contributed by atoms with Crippen LogP contribution in [0.4, 0.5) is 5.69 Å². The molecule has 5 nitrogen and oxygen atoms in total. The Kier molecular flexibility index (Phi) is 5.31. The standard InChI is InChI=1S/C18H15ClN2O3S/c1-23-12-7-11(8-13(10-12)24-2)9-16-17(22)21-18(25-16)20-15-6-4-3-5-14(15)19/h3-10H,1-2H3,(H,20,21,22). The Morgan fingerprint density at radius 3 is 2.44 bits per heavy atom. The molecule has 1 aliphatic rings. The van der Waals surface area contributed by atoms with Crippen LogP contribution in [0.3, 0.4) is 0 Å². The summed E-state index contributed by atoms with van der Waals surface area (Å²) in [6.45, 7) is 0. The number of hydrogen-bond acceptors (Lipinski definition) is 5. The van der Waals surface area contributed by atoms with Crippen LogP contribution in [-0.2, 0) is 4.79 Å². The molecule has 25 heavy (non-hydrogen) atoms. The lowest BCUT2D eigenvalue weighted by molar-refractivity contribution is -0.115. The molecule has 2 aromatic carbocycles. The zero-order valence-electron chi connectivity index (χ0n) is 13.6. The van der Waals surface area contributed by atoms with Crippen molar-refractivity contribution in [3.8, 4) is 11.5 Å². The molecule has 0 aliphatic carbocycles. The molecule has 0 bridgehead atoms. The summed E-state index contributed by atoms with van der Waals surface area (Å²) in [5, 5.41) is 3.75. The number of carbonyl (C=O) groups is 1. The Hall–Kier alpha value is -2.44. The lowest BCUT2D eigenvalue weighted by Crippen LogP contribution is -2.19.